The molecule has 28 heavy (non-hydrogen) atoms. The van der Waals surface area contributed by atoms with Crippen molar-refractivity contribution in [3.8, 4) is 0 Å². The summed E-state index contributed by atoms with van der Waals surface area (Å²) in [4.78, 5) is 61.9. The van der Waals surface area contributed by atoms with Crippen LogP contribution in [-0.2, 0) is 30.4 Å². The summed E-state index contributed by atoms with van der Waals surface area (Å²) >= 11 is 0. The van der Waals surface area contributed by atoms with Crippen LogP contribution in [0.2, 0.25) is 0 Å². The van der Waals surface area contributed by atoms with E-state index in [4.69, 9.17) is 10.8 Å². The van der Waals surface area contributed by atoms with Crippen molar-refractivity contribution in [2.45, 2.75) is 44.8 Å². The molecule has 0 unspecified atom stereocenters. The number of aromatic nitrogens is 1. The summed E-state index contributed by atoms with van der Waals surface area (Å²) in [5, 5.41) is 16.0. The van der Waals surface area contributed by atoms with E-state index in [-0.39, 0.29) is 6.42 Å². The van der Waals surface area contributed by atoms with Crippen molar-refractivity contribution in [3.63, 3.8) is 0 Å². The van der Waals surface area contributed by atoms with Gasteiger partial charge < -0.3 is 26.8 Å². The molecule has 0 bridgehead atoms. The SMILES string of the molecule is C[C@@H](NC(=O)Cc1ccncc1)C(=O)N[C@H](C)C(=O)N[C@@H](CC(N)=O)C(=O)O. The Morgan fingerprint density at radius 3 is 2.07 bits per heavy atom. The lowest BCUT2D eigenvalue weighted by Crippen LogP contribution is -2.54. The number of amides is 4. The second kappa shape index (κ2) is 10.6. The van der Waals surface area contributed by atoms with Crippen LogP contribution in [0.3, 0.4) is 0 Å². The highest BCUT2D eigenvalue weighted by Crippen LogP contribution is 1.98. The van der Waals surface area contributed by atoms with E-state index in [0.717, 1.165) is 5.56 Å². The Labute approximate surface area is 161 Å². The van der Waals surface area contributed by atoms with Crippen molar-refractivity contribution in [3.05, 3.63) is 30.1 Å². The standard InChI is InChI=1S/C17H23N5O6/c1-9(20-14(24)7-11-3-5-19-6-4-11)15(25)21-10(2)16(26)22-12(17(27)28)8-13(18)23/h3-6,9-10,12H,7-8H2,1-2H3,(H2,18,23)(H,20,24)(H,21,25)(H,22,26)(H,27,28)/t9-,10-,12+/m1/s1. The van der Waals surface area contributed by atoms with Crippen molar-refractivity contribution in [2.75, 3.05) is 0 Å². The first-order valence-corrected chi connectivity index (χ1v) is 8.40. The smallest absolute Gasteiger partial charge is 0.326 e. The summed E-state index contributed by atoms with van der Waals surface area (Å²) < 4.78 is 0. The van der Waals surface area contributed by atoms with Crippen molar-refractivity contribution < 1.29 is 29.1 Å². The van der Waals surface area contributed by atoms with Crippen molar-refractivity contribution in [2.24, 2.45) is 5.73 Å². The number of primary amides is 1. The number of nitrogens with one attached hydrogen (secondary N) is 3. The average Bonchev–Trinajstić information content (AvgIpc) is 2.61. The zero-order valence-corrected chi connectivity index (χ0v) is 15.5. The lowest BCUT2D eigenvalue weighted by Gasteiger charge is -2.20. The molecular formula is C17H23N5O6. The van der Waals surface area contributed by atoms with Crippen LogP contribution >= 0.6 is 0 Å². The lowest BCUT2D eigenvalue weighted by atomic mass is 10.1. The molecule has 6 N–H and O–H groups in total. The number of nitrogens with zero attached hydrogens (tertiary/aromatic N) is 1. The Balaban J connectivity index is 2.52. The van der Waals surface area contributed by atoms with Crippen LogP contribution in [0.1, 0.15) is 25.8 Å². The van der Waals surface area contributed by atoms with Crippen LogP contribution in [-0.4, -0.2) is 57.8 Å². The molecule has 0 aliphatic carbocycles. The predicted molar refractivity (Wildman–Crippen MR) is 96.5 cm³/mol. The molecule has 152 valence electrons. The molecule has 0 aliphatic rings. The molecule has 1 heterocycles. The second-order valence-corrected chi connectivity index (χ2v) is 6.12. The zero-order chi connectivity index (χ0) is 21.3. The fourth-order valence-corrected chi connectivity index (χ4v) is 2.15. The van der Waals surface area contributed by atoms with E-state index >= 15 is 0 Å². The highest BCUT2D eigenvalue weighted by molar-refractivity contribution is 5.94. The third kappa shape index (κ3) is 7.81. The Morgan fingerprint density at radius 1 is 1.00 bits per heavy atom. The number of nitrogens with two attached hydrogens (primary N) is 1. The normalized spacial score (nSPS) is 13.5. The first kappa shape index (κ1) is 22.5. The molecule has 0 radical (unpaired) electrons. The number of hydrogen-bond donors (Lipinski definition) is 5. The fourth-order valence-electron chi connectivity index (χ4n) is 2.15. The number of carboxylic acid groups (broad SMARTS) is 1. The van der Waals surface area contributed by atoms with Gasteiger partial charge in [-0.3, -0.25) is 24.2 Å². The first-order chi connectivity index (χ1) is 13.1. The van der Waals surface area contributed by atoms with E-state index < -0.39 is 54.1 Å². The lowest BCUT2D eigenvalue weighted by molar-refractivity contribution is -0.143. The van der Waals surface area contributed by atoms with Crippen molar-refractivity contribution in [1.29, 1.82) is 0 Å². The average molecular weight is 393 g/mol. The van der Waals surface area contributed by atoms with Crippen molar-refractivity contribution in [1.82, 2.24) is 20.9 Å². The predicted octanol–water partition coefficient (Wildman–Crippen LogP) is -1.92. The van der Waals surface area contributed by atoms with Gasteiger partial charge in [0.1, 0.15) is 18.1 Å². The topological polar surface area (TPSA) is 181 Å². The zero-order valence-electron chi connectivity index (χ0n) is 15.5. The summed E-state index contributed by atoms with van der Waals surface area (Å²) in [6.45, 7) is 2.78. The van der Waals surface area contributed by atoms with Gasteiger partial charge in [0, 0.05) is 12.4 Å². The fraction of sp³-hybridized carbons (Fsp3) is 0.412. The van der Waals surface area contributed by atoms with Crippen LogP contribution in [0.25, 0.3) is 0 Å². The number of carbonyl (C=O) groups is 5. The van der Waals surface area contributed by atoms with Gasteiger partial charge in [-0.25, -0.2) is 4.79 Å². The Hall–Kier alpha value is -3.50. The molecule has 0 aliphatic heterocycles. The van der Waals surface area contributed by atoms with Gasteiger partial charge in [-0.2, -0.15) is 0 Å². The number of carboxylic acids is 1. The van der Waals surface area contributed by atoms with E-state index in [9.17, 15) is 24.0 Å². The van der Waals surface area contributed by atoms with Crippen LogP contribution in [0.4, 0.5) is 0 Å². The molecule has 0 aromatic carbocycles. The van der Waals surface area contributed by atoms with Gasteiger partial charge in [-0.1, -0.05) is 0 Å². The maximum Gasteiger partial charge on any atom is 0.326 e. The Morgan fingerprint density at radius 2 is 1.54 bits per heavy atom. The van der Waals surface area contributed by atoms with E-state index in [1.807, 2.05) is 0 Å². The highest BCUT2D eigenvalue weighted by Gasteiger charge is 2.26. The molecule has 3 atom stereocenters. The highest BCUT2D eigenvalue weighted by atomic mass is 16.4. The number of pyridine rings is 1. The van der Waals surface area contributed by atoms with Crippen LogP contribution in [0.15, 0.2) is 24.5 Å². The number of rotatable bonds is 10. The number of hydrogen-bond acceptors (Lipinski definition) is 6. The molecule has 4 amide bonds. The molecule has 0 spiro atoms. The minimum absolute atomic E-state index is 0.0591. The summed E-state index contributed by atoms with van der Waals surface area (Å²) in [7, 11) is 0. The first-order valence-electron chi connectivity index (χ1n) is 8.40. The quantitative estimate of drug-likeness (QED) is 0.307. The van der Waals surface area contributed by atoms with E-state index in [2.05, 4.69) is 20.9 Å². The second-order valence-electron chi connectivity index (χ2n) is 6.12. The van der Waals surface area contributed by atoms with Gasteiger partial charge in [0.05, 0.1) is 12.8 Å². The summed E-state index contributed by atoms with van der Waals surface area (Å²) in [6, 6.07) is -0.183. The largest absolute Gasteiger partial charge is 0.480 e. The Bertz CT molecular complexity index is 739. The maximum absolute atomic E-state index is 12.1. The van der Waals surface area contributed by atoms with Gasteiger partial charge in [-0.15, -0.1) is 0 Å². The molecule has 1 aromatic rings. The minimum Gasteiger partial charge on any atom is -0.480 e. The Kier molecular flexibility index (Phi) is 8.53. The van der Waals surface area contributed by atoms with Crippen LogP contribution < -0.4 is 21.7 Å². The minimum atomic E-state index is -1.50. The number of aliphatic carboxylic acids is 1. The molecule has 0 saturated heterocycles. The molecule has 1 aromatic heterocycles. The van der Waals surface area contributed by atoms with Crippen molar-refractivity contribution >= 4 is 29.6 Å². The summed E-state index contributed by atoms with van der Waals surface area (Å²) in [5.74, 6) is -4.15. The third-order valence-electron chi connectivity index (χ3n) is 3.66. The third-order valence-corrected chi connectivity index (χ3v) is 3.66. The molecule has 11 nitrogen and oxygen atoms in total. The van der Waals surface area contributed by atoms with E-state index in [1.54, 1.807) is 24.5 Å². The summed E-state index contributed by atoms with van der Waals surface area (Å²) in [5.41, 5.74) is 5.66. The molecule has 0 saturated carbocycles. The van der Waals surface area contributed by atoms with Gasteiger partial charge >= 0.3 is 5.97 Å². The number of carbonyl (C=O) groups excluding carboxylic acids is 4. The van der Waals surface area contributed by atoms with Crippen LogP contribution in [0.5, 0.6) is 0 Å². The van der Waals surface area contributed by atoms with E-state index in [1.165, 1.54) is 13.8 Å². The molecular weight excluding hydrogens is 370 g/mol. The maximum atomic E-state index is 12.1. The van der Waals surface area contributed by atoms with Gasteiger partial charge in [0.2, 0.25) is 23.6 Å². The summed E-state index contributed by atoms with van der Waals surface area (Å²) in [6.07, 6.45) is 2.57. The molecule has 11 heteroatoms. The van der Waals surface area contributed by atoms with Gasteiger partial charge in [-0.05, 0) is 31.5 Å². The van der Waals surface area contributed by atoms with Crippen LogP contribution in [0, 0.1) is 0 Å². The van der Waals surface area contributed by atoms with Gasteiger partial charge in [0.25, 0.3) is 0 Å². The van der Waals surface area contributed by atoms with Gasteiger partial charge in [0.15, 0.2) is 0 Å². The van der Waals surface area contributed by atoms with E-state index in [0.29, 0.717) is 0 Å². The monoisotopic (exact) mass is 393 g/mol. The molecule has 1 rings (SSSR count). The molecule has 0 fully saturated rings.